The van der Waals surface area contributed by atoms with Gasteiger partial charge in [0.2, 0.25) is 11.8 Å². The molecule has 0 fully saturated rings. The molecule has 0 aliphatic heterocycles. The predicted molar refractivity (Wildman–Crippen MR) is 122 cm³/mol. The molecule has 0 saturated carbocycles. The van der Waals surface area contributed by atoms with Crippen LogP contribution in [0.3, 0.4) is 0 Å². The van der Waals surface area contributed by atoms with E-state index in [2.05, 4.69) is 33.1 Å². The topological polar surface area (TPSA) is 117 Å². The SMILES string of the molecule is CN(Cc1cc2ccccc2n1C)C(=O)/C=C/c1ccc(NC(=O)CCC(=N)N)nc1. The van der Waals surface area contributed by atoms with Gasteiger partial charge in [-0.1, -0.05) is 18.2 Å². The van der Waals surface area contributed by atoms with E-state index in [1.54, 1.807) is 36.4 Å². The largest absolute Gasteiger partial charge is 0.388 e. The van der Waals surface area contributed by atoms with Crippen LogP contribution in [0.15, 0.2) is 54.7 Å². The molecule has 0 aliphatic rings. The number of likely N-dealkylation sites (N-methyl/N-ethyl adjacent to an activating group) is 1. The van der Waals surface area contributed by atoms with Gasteiger partial charge in [0, 0.05) is 50.4 Å². The van der Waals surface area contributed by atoms with E-state index >= 15 is 0 Å². The third kappa shape index (κ3) is 5.79. The lowest BCUT2D eigenvalue weighted by Gasteiger charge is -2.15. The van der Waals surface area contributed by atoms with Crippen molar-refractivity contribution in [2.45, 2.75) is 19.4 Å². The number of fused-ring (bicyclic) bond motifs is 1. The summed E-state index contributed by atoms with van der Waals surface area (Å²) in [4.78, 5) is 30.1. The Balaban J connectivity index is 1.56. The average molecular weight is 419 g/mol. The zero-order chi connectivity index (χ0) is 22.4. The highest BCUT2D eigenvalue weighted by Crippen LogP contribution is 2.19. The van der Waals surface area contributed by atoms with Gasteiger partial charge in [0.1, 0.15) is 5.82 Å². The summed E-state index contributed by atoms with van der Waals surface area (Å²) in [5.74, 6) is 0.00607. The summed E-state index contributed by atoms with van der Waals surface area (Å²) in [6.07, 6.45) is 5.12. The Morgan fingerprint density at radius 2 is 2.00 bits per heavy atom. The number of carbonyl (C=O) groups excluding carboxylic acids is 2. The van der Waals surface area contributed by atoms with Crippen LogP contribution in [-0.4, -0.2) is 39.1 Å². The van der Waals surface area contributed by atoms with Crippen LogP contribution in [0.4, 0.5) is 5.82 Å². The quantitative estimate of drug-likeness (QED) is 0.296. The Kier molecular flexibility index (Phi) is 6.81. The highest BCUT2D eigenvalue weighted by molar-refractivity contribution is 5.93. The van der Waals surface area contributed by atoms with E-state index in [0.29, 0.717) is 12.4 Å². The monoisotopic (exact) mass is 418 g/mol. The number of nitrogens with one attached hydrogen (secondary N) is 2. The molecule has 3 rings (SSSR count). The van der Waals surface area contributed by atoms with Crippen LogP contribution >= 0.6 is 0 Å². The molecule has 2 aromatic heterocycles. The van der Waals surface area contributed by atoms with Crippen molar-refractivity contribution in [3.05, 3.63) is 66.0 Å². The molecule has 0 aliphatic carbocycles. The second-order valence-corrected chi connectivity index (χ2v) is 7.33. The number of benzene rings is 1. The fraction of sp³-hybridized carbons (Fsp3) is 0.217. The minimum absolute atomic E-state index is 0.0290. The van der Waals surface area contributed by atoms with Crippen LogP contribution in [0.2, 0.25) is 0 Å². The highest BCUT2D eigenvalue weighted by atomic mass is 16.2. The molecule has 4 N–H and O–H groups in total. The predicted octanol–water partition coefficient (Wildman–Crippen LogP) is 2.90. The summed E-state index contributed by atoms with van der Waals surface area (Å²) >= 11 is 0. The van der Waals surface area contributed by atoms with Crippen molar-refractivity contribution in [2.24, 2.45) is 12.8 Å². The van der Waals surface area contributed by atoms with Gasteiger partial charge in [0.15, 0.2) is 0 Å². The number of aromatic nitrogens is 2. The maximum atomic E-state index is 12.5. The van der Waals surface area contributed by atoms with Gasteiger partial charge in [-0.2, -0.15) is 0 Å². The van der Waals surface area contributed by atoms with Crippen molar-refractivity contribution >= 4 is 40.4 Å². The Morgan fingerprint density at radius 1 is 1.23 bits per heavy atom. The average Bonchev–Trinajstić information content (AvgIpc) is 3.07. The van der Waals surface area contributed by atoms with Gasteiger partial charge in [-0.05, 0) is 41.3 Å². The van der Waals surface area contributed by atoms with Gasteiger partial charge >= 0.3 is 0 Å². The molecule has 0 bridgehead atoms. The second kappa shape index (κ2) is 9.71. The Hall–Kier alpha value is -3.94. The minimum Gasteiger partial charge on any atom is -0.388 e. The van der Waals surface area contributed by atoms with E-state index in [1.807, 2.05) is 19.2 Å². The summed E-state index contributed by atoms with van der Waals surface area (Å²) in [6.45, 7) is 0.498. The smallest absolute Gasteiger partial charge is 0.246 e. The van der Waals surface area contributed by atoms with Crippen LogP contribution in [-0.2, 0) is 23.2 Å². The number of rotatable bonds is 8. The number of anilines is 1. The zero-order valence-electron chi connectivity index (χ0n) is 17.6. The third-order valence-electron chi connectivity index (χ3n) is 4.92. The first-order valence-electron chi connectivity index (χ1n) is 9.89. The van der Waals surface area contributed by atoms with Gasteiger partial charge in [0.05, 0.1) is 12.4 Å². The molecular formula is C23H26N6O2. The van der Waals surface area contributed by atoms with Gasteiger partial charge < -0.3 is 20.5 Å². The number of pyridine rings is 1. The van der Waals surface area contributed by atoms with Crippen LogP contribution < -0.4 is 11.1 Å². The lowest BCUT2D eigenvalue weighted by Crippen LogP contribution is -2.25. The summed E-state index contributed by atoms with van der Waals surface area (Å²) in [6, 6.07) is 13.6. The molecule has 0 saturated heterocycles. The number of carbonyl (C=O) groups is 2. The minimum atomic E-state index is -0.254. The maximum absolute atomic E-state index is 12.5. The first-order valence-corrected chi connectivity index (χ1v) is 9.89. The van der Waals surface area contributed by atoms with Crippen molar-refractivity contribution in [3.8, 4) is 0 Å². The fourth-order valence-corrected chi connectivity index (χ4v) is 3.14. The Bertz CT molecular complexity index is 1130. The van der Waals surface area contributed by atoms with Gasteiger partial charge in [-0.3, -0.25) is 15.0 Å². The van der Waals surface area contributed by atoms with E-state index in [-0.39, 0.29) is 30.5 Å². The fourth-order valence-electron chi connectivity index (χ4n) is 3.14. The van der Waals surface area contributed by atoms with E-state index in [4.69, 9.17) is 11.1 Å². The molecule has 2 amide bonds. The zero-order valence-corrected chi connectivity index (χ0v) is 17.6. The molecule has 2 heterocycles. The molecule has 31 heavy (non-hydrogen) atoms. The highest BCUT2D eigenvalue weighted by Gasteiger charge is 2.11. The number of nitrogens with zero attached hydrogens (tertiary/aromatic N) is 3. The lowest BCUT2D eigenvalue weighted by atomic mass is 10.2. The molecule has 0 unspecified atom stereocenters. The molecular weight excluding hydrogens is 392 g/mol. The normalized spacial score (nSPS) is 11.0. The standard InChI is InChI=1S/C23H26N6O2/c1-28(15-18-13-17-5-3-4-6-19(17)29(18)2)23(31)12-8-16-7-10-21(26-14-16)27-22(30)11-9-20(24)25/h3-8,10,12-14H,9,11,15H2,1-2H3,(H3,24,25)(H,26,27,30)/b12-8+. The number of amidine groups is 1. The maximum Gasteiger partial charge on any atom is 0.246 e. The Morgan fingerprint density at radius 3 is 2.68 bits per heavy atom. The van der Waals surface area contributed by atoms with Crippen molar-refractivity contribution < 1.29 is 9.59 Å². The summed E-state index contributed by atoms with van der Waals surface area (Å²) in [5, 5.41) is 10.9. The van der Waals surface area contributed by atoms with Crippen LogP contribution in [0.1, 0.15) is 24.1 Å². The number of nitrogens with two attached hydrogens (primary N) is 1. The second-order valence-electron chi connectivity index (χ2n) is 7.33. The molecule has 0 radical (unpaired) electrons. The molecule has 1 aromatic carbocycles. The van der Waals surface area contributed by atoms with Gasteiger partial charge in [-0.25, -0.2) is 4.98 Å². The molecule has 160 valence electrons. The van der Waals surface area contributed by atoms with Crippen molar-refractivity contribution in [1.82, 2.24) is 14.5 Å². The van der Waals surface area contributed by atoms with Gasteiger partial charge in [0.25, 0.3) is 0 Å². The van der Waals surface area contributed by atoms with Crippen molar-refractivity contribution in [3.63, 3.8) is 0 Å². The summed E-state index contributed by atoms with van der Waals surface area (Å²) < 4.78 is 2.09. The Labute approximate surface area is 180 Å². The molecule has 3 aromatic rings. The molecule has 8 nitrogen and oxygen atoms in total. The van der Waals surface area contributed by atoms with Crippen molar-refractivity contribution in [1.29, 1.82) is 5.41 Å². The number of para-hydroxylation sites is 1. The third-order valence-corrected chi connectivity index (χ3v) is 4.92. The summed E-state index contributed by atoms with van der Waals surface area (Å²) in [7, 11) is 3.76. The number of aryl methyl sites for hydroxylation is 1. The summed E-state index contributed by atoms with van der Waals surface area (Å²) in [5.41, 5.74) is 8.18. The molecule has 0 spiro atoms. The lowest BCUT2D eigenvalue weighted by molar-refractivity contribution is -0.125. The first kappa shape index (κ1) is 21.8. The van der Waals surface area contributed by atoms with E-state index in [0.717, 1.165) is 22.2 Å². The number of amides is 2. The van der Waals surface area contributed by atoms with Crippen molar-refractivity contribution in [2.75, 3.05) is 12.4 Å². The van der Waals surface area contributed by atoms with E-state index < -0.39 is 0 Å². The molecule has 0 atom stereocenters. The van der Waals surface area contributed by atoms with Crippen LogP contribution in [0.5, 0.6) is 0 Å². The number of hydrogen-bond acceptors (Lipinski definition) is 4. The number of hydrogen-bond donors (Lipinski definition) is 3. The van der Waals surface area contributed by atoms with E-state index in [1.165, 1.54) is 6.08 Å². The molecule has 8 heteroatoms. The first-order chi connectivity index (χ1) is 14.8. The van der Waals surface area contributed by atoms with Gasteiger partial charge in [-0.15, -0.1) is 0 Å². The van der Waals surface area contributed by atoms with Crippen LogP contribution in [0, 0.1) is 5.41 Å². The van der Waals surface area contributed by atoms with Crippen LogP contribution in [0.25, 0.3) is 17.0 Å². The van der Waals surface area contributed by atoms with E-state index in [9.17, 15) is 9.59 Å².